The Morgan fingerprint density at radius 3 is 2.33 bits per heavy atom. The zero-order chi connectivity index (χ0) is 13.1. The highest BCUT2D eigenvalue weighted by Crippen LogP contribution is 2.19. The second-order valence-corrected chi connectivity index (χ2v) is 5.96. The molecule has 0 spiro atoms. The van der Waals surface area contributed by atoms with Crippen molar-refractivity contribution in [2.75, 3.05) is 0 Å². The minimum Gasteiger partial charge on any atom is -0.294 e. The Labute approximate surface area is 123 Å². The van der Waals surface area contributed by atoms with Crippen LogP contribution >= 0.6 is 31.9 Å². The molecule has 0 radical (unpaired) electrons. The van der Waals surface area contributed by atoms with E-state index in [1.807, 2.05) is 49.4 Å². The normalized spacial score (nSPS) is 10.4. The Balaban J connectivity index is 2.16. The molecular weight excluding hydrogens is 356 g/mol. The van der Waals surface area contributed by atoms with E-state index in [-0.39, 0.29) is 5.78 Å². The molecule has 0 aromatic heterocycles. The van der Waals surface area contributed by atoms with E-state index >= 15 is 0 Å². The molecule has 0 aliphatic heterocycles. The highest BCUT2D eigenvalue weighted by atomic mass is 79.9. The quantitative estimate of drug-likeness (QED) is 0.701. The highest BCUT2D eigenvalue weighted by molar-refractivity contribution is 9.10. The van der Waals surface area contributed by atoms with Crippen LogP contribution in [-0.2, 0) is 6.42 Å². The van der Waals surface area contributed by atoms with E-state index in [4.69, 9.17) is 0 Å². The van der Waals surface area contributed by atoms with Crippen LogP contribution in [0, 0.1) is 6.92 Å². The van der Waals surface area contributed by atoms with Gasteiger partial charge in [-0.2, -0.15) is 0 Å². The SMILES string of the molecule is Cc1cc(C(=O)Cc2ccc(Br)cc2)ccc1Br. The summed E-state index contributed by atoms with van der Waals surface area (Å²) >= 11 is 6.82. The topological polar surface area (TPSA) is 17.1 Å². The van der Waals surface area contributed by atoms with E-state index in [0.717, 1.165) is 25.6 Å². The monoisotopic (exact) mass is 366 g/mol. The number of hydrogen-bond donors (Lipinski definition) is 0. The average molecular weight is 368 g/mol. The summed E-state index contributed by atoms with van der Waals surface area (Å²) in [6.07, 6.45) is 0.439. The standard InChI is InChI=1S/C15H12Br2O/c1-10-8-12(4-7-14(10)17)15(18)9-11-2-5-13(16)6-3-11/h2-8H,9H2,1H3. The molecule has 2 aromatic rings. The molecule has 0 N–H and O–H groups in total. The Morgan fingerprint density at radius 1 is 1.06 bits per heavy atom. The van der Waals surface area contributed by atoms with Crippen molar-refractivity contribution in [3.05, 3.63) is 68.1 Å². The number of carbonyl (C=O) groups excluding carboxylic acids is 1. The maximum absolute atomic E-state index is 12.1. The van der Waals surface area contributed by atoms with Gasteiger partial charge in [0.25, 0.3) is 0 Å². The predicted octanol–water partition coefficient (Wildman–Crippen LogP) is 4.95. The van der Waals surface area contributed by atoms with Crippen LogP contribution in [0.3, 0.4) is 0 Å². The first kappa shape index (κ1) is 13.5. The molecule has 0 aliphatic rings. The van der Waals surface area contributed by atoms with Crippen molar-refractivity contribution in [1.82, 2.24) is 0 Å². The van der Waals surface area contributed by atoms with Gasteiger partial charge in [-0.1, -0.05) is 50.1 Å². The molecule has 0 aliphatic carbocycles. The summed E-state index contributed by atoms with van der Waals surface area (Å²) in [7, 11) is 0. The number of Topliss-reactive ketones (excluding diaryl/α,β-unsaturated/α-hetero) is 1. The van der Waals surface area contributed by atoms with Crippen molar-refractivity contribution in [2.45, 2.75) is 13.3 Å². The van der Waals surface area contributed by atoms with E-state index in [1.54, 1.807) is 0 Å². The van der Waals surface area contributed by atoms with Crippen molar-refractivity contribution >= 4 is 37.6 Å². The molecule has 2 aromatic carbocycles. The van der Waals surface area contributed by atoms with Gasteiger partial charge in [-0.3, -0.25) is 4.79 Å². The van der Waals surface area contributed by atoms with Gasteiger partial charge in [-0.05, 0) is 42.3 Å². The molecular formula is C15H12Br2O. The largest absolute Gasteiger partial charge is 0.294 e. The summed E-state index contributed by atoms with van der Waals surface area (Å²) in [6, 6.07) is 13.5. The fraction of sp³-hybridized carbons (Fsp3) is 0.133. The Morgan fingerprint density at radius 2 is 1.72 bits per heavy atom. The Bertz CT molecular complexity index is 574. The fourth-order valence-corrected chi connectivity index (χ4v) is 2.22. The lowest BCUT2D eigenvalue weighted by Crippen LogP contribution is -2.03. The maximum atomic E-state index is 12.1. The van der Waals surface area contributed by atoms with Crippen molar-refractivity contribution in [3.63, 3.8) is 0 Å². The zero-order valence-corrected chi connectivity index (χ0v) is 13.1. The van der Waals surface area contributed by atoms with Gasteiger partial charge >= 0.3 is 0 Å². The van der Waals surface area contributed by atoms with Gasteiger partial charge in [0, 0.05) is 20.9 Å². The minimum absolute atomic E-state index is 0.146. The van der Waals surface area contributed by atoms with Crippen LogP contribution in [0.5, 0.6) is 0 Å². The summed E-state index contributed by atoms with van der Waals surface area (Å²) in [5, 5.41) is 0. The van der Waals surface area contributed by atoms with Crippen molar-refractivity contribution in [1.29, 1.82) is 0 Å². The van der Waals surface area contributed by atoms with Gasteiger partial charge in [-0.25, -0.2) is 0 Å². The lowest BCUT2D eigenvalue weighted by molar-refractivity contribution is 0.0993. The first-order valence-corrected chi connectivity index (χ1v) is 7.18. The molecule has 3 heteroatoms. The second-order valence-electron chi connectivity index (χ2n) is 4.19. The van der Waals surface area contributed by atoms with Gasteiger partial charge in [-0.15, -0.1) is 0 Å². The average Bonchev–Trinajstić information content (AvgIpc) is 2.35. The third kappa shape index (κ3) is 3.30. The van der Waals surface area contributed by atoms with Gasteiger partial charge in [0.15, 0.2) is 5.78 Å². The molecule has 2 rings (SSSR count). The molecule has 0 amide bonds. The molecule has 92 valence electrons. The van der Waals surface area contributed by atoms with Gasteiger partial charge in [0.1, 0.15) is 0 Å². The lowest BCUT2D eigenvalue weighted by atomic mass is 10.0. The number of benzene rings is 2. The molecule has 0 heterocycles. The molecule has 0 atom stereocenters. The van der Waals surface area contributed by atoms with E-state index < -0.39 is 0 Å². The van der Waals surface area contributed by atoms with Crippen molar-refractivity contribution < 1.29 is 4.79 Å². The number of halogens is 2. The molecule has 0 saturated carbocycles. The molecule has 0 bridgehead atoms. The Kier molecular flexibility index (Phi) is 4.36. The van der Waals surface area contributed by atoms with Gasteiger partial charge in [0.2, 0.25) is 0 Å². The highest BCUT2D eigenvalue weighted by Gasteiger charge is 2.08. The number of hydrogen-bond acceptors (Lipinski definition) is 1. The summed E-state index contributed by atoms with van der Waals surface area (Å²) in [5.41, 5.74) is 2.87. The van der Waals surface area contributed by atoms with Crippen molar-refractivity contribution in [2.24, 2.45) is 0 Å². The van der Waals surface area contributed by atoms with Gasteiger partial charge in [0.05, 0.1) is 0 Å². The molecule has 0 saturated heterocycles. The van der Waals surface area contributed by atoms with E-state index in [1.165, 1.54) is 0 Å². The summed E-state index contributed by atoms with van der Waals surface area (Å²) in [6.45, 7) is 1.99. The van der Waals surface area contributed by atoms with E-state index in [2.05, 4.69) is 31.9 Å². The number of rotatable bonds is 3. The molecule has 18 heavy (non-hydrogen) atoms. The number of aryl methyl sites for hydroxylation is 1. The number of carbonyl (C=O) groups is 1. The fourth-order valence-electron chi connectivity index (χ4n) is 1.71. The first-order chi connectivity index (χ1) is 8.56. The molecule has 0 fully saturated rings. The maximum Gasteiger partial charge on any atom is 0.167 e. The molecule has 1 nitrogen and oxygen atoms in total. The lowest BCUT2D eigenvalue weighted by Gasteiger charge is -2.04. The Hall–Kier alpha value is -0.930. The summed E-state index contributed by atoms with van der Waals surface area (Å²) in [5.74, 6) is 0.146. The molecule has 0 unspecified atom stereocenters. The van der Waals surface area contributed by atoms with E-state index in [0.29, 0.717) is 6.42 Å². The second kappa shape index (κ2) is 5.81. The smallest absolute Gasteiger partial charge is 0.167 e. The van der Waals surface area contributed by atoms with E-state index in [9.17, 15) is 4.79 Å². The van der Waals surface area contributed by atoms with Crippen LogP contribution in [0.25, 0.3) is 0 Å². The van der Waals surface area contributed by atoms with Crippen molar-refractivity contribution in [3.8, 4) is 0 Å². The van der Waals surface area contributed by atoms with Crippen LogP contribution in [0.2, 0.25) is 0 Å². The van der Waals surface area contributed by atoms with Crippen LogP contribution in [0.1, 0.15) is 21.5 Å². The summed E-state index contributed by atoms with van der Waals surface area (Å²) in [4.78, 5) is 12.1. The van der Waals surface area contributed by atoms with Crippen LogP contribution in [0.4, 0.5) is 0 Å². The minimum atomic E-state index is 0.146. The summed E-state index contributed by atoms with van der Waals surface area (Å²) < 4.78 is 2.06. The number of ketones is 1. The van der Waals surface area contributed by atoms with Crippen LogP contribution < -0.4 is 0 Å². The third-order valence-corrected chi connectivity index (χ3v) is 4.18. The third-order valence-electron chi connectivity index (χ3n) is 2.76. The van der Waals surface area contributed by atoms with Crippen LogP contribution in [0.15, 0.2) is 51.4 Å². The van der Waals surface area contributed by atoms with Gasteiger partial charge < -0.3 is 0 Å². The zero-order valence-electron chi connectivity index (χ0n) is 9.91. The predicted molar refractivity (Wildman–Crippen MR) is 81.1 cm³/mol. The first-order valence-electron chi connectivity index (χ1n) is 5.60. The van der Waals surface area contributed by atoms with Crippen LogP contribution in [-0.4, -0.2) is 5.78 Å².